The Morgan fingerprint density at radius 1 is 1.21 bits per heavy atom. The maximum absolute atomic E-state index is 14.9. The fourth-order valence-corrected chi connectivity index (χ4v) is 5.66. The molecule has 4 aromatic rings. The van der Waals surface area contributed by atoms with Gasteiger partial charge >= 0.3 is 5.97 Å². The van der Waals surface area contributed by atoms with Crippen LogP contribution < -0.4 is 4.90 Å². The number of aliphatic carboxylic acids is 1. The van der Waals surface area contributed by atoms with Crippen LogP contribution in [0.4, 0.5) is 13.9 Å². The van der Waals surface area contributed by atoms with Crippen LogP contribution >= 0.6 is 22.9 Å². The summed E-state index contributed by atoms with van der Waals surface area (Å²) in [5, 5.41) is 10.6. The average molecular weight is 485 g/mol. The Labute approximate surface area is 198 Å². The number of aromatic nitrogens is 1. The molecule has 3 aromatic carbocycles. The van der Waals surface area contributed by atoms with Crippen LogP contribution in [0.5, 0.6) is 0 Å². The second-order valence-corrected chi connectivity index (χ2v) is 9.60. The van der Waals surface area contributed by atoms with E-state index in [9.17, 15) is 18.7 Å². The van der Waals surface area contributed by atoms with E-state index in [-0.39, 0.29) is 12.0 Å². The minimum Gasteiger partial charge on any atom is -0.481 e. The van der Waals surface area contributed by atoms with E-state index in [0.29, 0.717) is 33.3 Å². The first kappa shape index (κ1) is 21.8. The lowest BCUT2D eigenvalue weighted by Crippen LogP contribution is -2.40. The van der Waals surface area contributed by atoms with E-state index < -0.39 is 18.4 Å². The maximum atomic E-state index is 14.9. The number of aryl methyl sites for hydroxylation is 1. The lowest BCUT2D eigenvalue weighted by Gasteiger charge is -2.34. The highest BCUT2D eigenvalue weighted by Gasteiger charge is 2.41. The number of fused-ring (bicyclic) bond motifs is 2. The standard InChI is InChI=1S/C25H19ClF2N2O2S/c1-14-10-20-23(22(18(14)11-21(31)32)15-6-8-17(26)9-7-15)33-24(29-20)30-12-16-4-2-3-5-19(16)25(27,28)13-30/h2-10H,11-13H2,1H3,(H,31,32). The third-order valence-corrected chi connectivity index (χ3v) is 7.30. The van der Waals surface area contributed by atoms with Crippen molar-refractivity contribution in [2.75, 3.05) is 11.4 Å². The molecule has 168 valence electrons. The molecule has 8 heteroatoms. The van der Waals surface area contributed by atoms with Gasteiger partial charge in [0.25, 0.3) is 5.92 Å². The van der Waals surface area contributed by atoms with Crippen molar-refractivity contribution in [3.63, 3.8) is 0 Å². The molecule has 4 nitrogen and oxygen atoms in total. The third kappa shape index (κ3) is 3.96. The Kier molecular flexibility index (Phi) is 5.34. The predicted octanol–water partition coefficient (Wildman–Crippen LogP) is 6.66. The molecule has 0 unspecified atom stereocenters. The molecule has 1 N–H and O–H groups in total. The summed E-state index contributed by atoms with van der Waals surface area (Å²) in [6, 6.07) is 15.6. The molecule has 2 heterocycles. The van der Waals surface area contributed by atoms with Gasteiger partial charge in [0, 0.05) is 22.7 Å². The smallest absolute Gasteiger partial charge is 0.307 e. The van der Waals surface area contributed by atoms with E-state index >= 15 is 0 Å². The molecular weight excluding hydrogens is 466 g/mol. The Morgan fingerprint density at radius 3 is 2.67 bits per heavy atom. The lowest BCUT2D eigenvalue weighted by molar-refractivity contribution is -0.136. The molecule has 0 saturated heterocycles. The van der Waals surface area contributed by atoms with Gasteiger partial charge in [-0.2, -0.15) is 8.78 Å². The van der Waals surface area contributed by atoms with Crippen molar-refractivity contribution in [3.8, 4) is 11.1 Å². The van der Waals surface area contributed by atoms with Gasteiger partial charge in [-0.15, -0.1) is 0 Å². The van der Waals surface area contributed by atoms with Crippen LogP contribution in [-0.4, -0.2) is 22.6 Å². The third-order valence-electron chi connectivity index (χ3n) is 5.89. The first-order valence-corrected chi connectivity index (χ1v) is 11.5. The van der Waals surface area contributed by atoms with E-state index in [4.69, 9.17) is 16.6 Å². The Bertz CT molecular complexity index is 1390. The fourth-order valence-electron chi connectivity index (χ4n) is 4.40. The second kappa shape index (κ2) is 8.08. The largest absolute Gasteiger partial charge is 0.481 e. The molecule has 5 rings (SSSR count). The van der Waals surface area contributed by atoms with Crippen LogP contribution in [0.25, 0.3) is 21.3 Å². The summed E-state index contributed by atoms with van der Waals surface area (Å²) >= 11 is 7.38. The van der Waals surface area contributed by atoms with E-state index in [1.54, 1.807) is 35.2 Å². The van der Waals surface area contributed by atoms with E-state index in [1.165, 1.54) is 17.4 Å². The fraction of sp³-hybridized carbons (Fsp3) is 0.200. The molecule has 0 fully saturated rings. The van der Waals surface area contributed by atoms with Crippen molar-refractivity contribution in [2.24, 2.45) is 0 Å². The normalized spacial score (nSPS) is 15.0. The number of hydrogen-bond acceptors (Lipinski definition) is 4. The number of alkyl halides is 2. The molecule has 0 saturated carbocycles. The van der Waals surface area contributed by atoms with Gasteiger partial charge in [-0.1, -0.05) is 59.3 Å². The van der Waals surface area contributed by atoms with Gasteiger partial charge in [0.1, 0.15) is 0 Å². The number of thiazole rings is 1. The Morgan fingerprint density at radius 2 is 1.94 bits per heavy atom. The van der Waals surface area contributed by atoms with E-state index in [2.05, 4.69) is 0 Å². The van der Waals surface area contributed by atoms with Crippen molar-refractivity contribution < 1.29 is 18.7 Å². The van der Waals surface area contributed by atoms with Crippen molar-refractivity contribution in [2.45, 2.75) is 25.8 Å². The summed E-state index contributed by atoms with van der Waals surface area (Å²) < 4.78 is 30.6. The van der Waals surface area contributed by atoms with Gasteiger partial charge in [-0.05, 0) is 47.4 Å². The van der Waals surface area contributed by atoms with Gasteiger partial charge in [-0.3, -0.25) is 4.79 Å². The molecule has 0 radical (unpaired) electrons. The van der Waals surface area contributed by atoms with Crippen LogP contribution in [0, 0.1) is 6.92 Å². The molecule has 1 aromatic heterocycles. The molecule has 1 aliphatic heterocycles. The summed E-state index contributed by atoms with van der Waals surface area (Å²) in [6.45, 7) is 1.73. The SMILES string of the molecule is Cc1cc2nc(N3Cc4ccccc4C(F)(F)C3)sc2c(-c2ccc(Cl)cc2)c1CC(=O)O. The zero-order valence-corrected chi connectivity index (χ0v) is 19.2. The van der Waals surface area contributed by atoms with Gasteiger partial charge < -0.3 is 10.0 Å². The van der Waals surface area contributed by atoms with Gasteiger partial charge in [0.15, 0.2) is 5.13 Å². The van der Waals surface area contributed by atoms with Crippen molar-refractivity contribution in [3.05, 3.63) is 81.9 Å². The van der Waals surface area contributed by atoms with E-state index in [0.717, 1.165) is 21.4 Å². The highest BCUT2D eigenvalue weighted by molar-refractivity contribution is 7.22. The van der Waals surface area contributed by atoms with Crippen LogP contribution in [0.1, 0.15) is 22.3 Å². The summed E-state index contributed by atoms with van der Waals surface area (Å²) in [5.74, 6) is -3.93. The highest BCUT2D eigenvalue weighted by atomic mass is 35.5. The molecule has 0 amide bonds. The predicted molar refractivity (Wildman–Crippen MR) is 128 cm³/mol. The number of carbonyl (C=O) groups is 1. The lowest BCUT2D eigenvalue weighted by atomic mass is 9.93. The number of hydrogen-bond donors (Lipinski definition) is 1. The number of halogens is 3. The molecule has 0 aliphatic carbocycles. The quantitative estimate of drug-likeness (QED) is 0.351. The molecular formula is C25H19ClF2N2O2S. The second-order valence-electron chi connectivity index (χ2n) is 8.19. The number of carboxylic acid groups (broad SMARTS) is 1. The minimum atomic E-state index is -2.99. The Balaban J connectivity index is 1.67. The first-order chi connectivity index (χ1) is 15.7. The molecule has 0 bridgehead atoms. The average Bonchev–Trinajstić information content (AvgIpc) is 3.18. The topological polar surface area (TPSA) is 53.4 Å². The monoisotopic (exact) mass is 484 g/mol. The minimum absolute atomic E-state index is 0.0591. The van der Waals surface area contributed by atoms with Gasteiger partial charge in [0.05, 0.1) is 23.2 Å². The van der Waals surface area contributed by atoms with Crippen LogP contribution in [0.3, 0.4) is 0 Å². The number of nitrogens with zero attached hydrogens (tertiary/aromatic N) is 2. The van der Waals surface area contributed by atoms with Crippen LogP contribution in [0.2, 0.25) is 5.02 Å². The number of anilines is 1. The van der Waals surface area contributed by atoms with E-state index in [1.807, 2.05) is 25.1 Å². The first-order valence-electron chi connectivity index (χ1n) is 10.3. The summed E-state index contributed by atoms with van der Waals surface area (Å²) in [5.41, 5.74) is 4.35. The maximum Gasteiger partial charge on any atom is 0.307 e. The number of carboxylic acids is 1. The molecule has 0 spiro atoms. The highest BCUT2D eigenvalue weighted by Crippen LogP contribution is 2.44. The molecule has 0 atom stereocenters. The van der Waals surface area contributed by atoms with Crippen LogP contribution in [0.15, 0.2) is 54.6 Å². The van der Waals surface area contributed by atoms with Crippen molar-refractivity contribution in [1.29, 1.82) is 0 Å². The number of benzene rings is 3. The zero-order valence-electron chi connectivity index (χ0n) is 17.6. The zero-order chi connectivity index (χ0) is 23.3. The molecule has 33 heavy (non-hydrogen) atoms. The molecule has 1 aliphatic rings. The Hall–Kier alpha value is -3.03. The van der Waals surface area contributed by atoms with Gasteiger partial charge in [-0.25, -0.2) is 4.98 Å². The summed E-state index contributed by atoms with van der Waals surface area (Å²) in [4.78, 5) is 17.9. The van der Waals surface area contributed by atoms with Crippen molar-refractivity contribution >= 4 is 44.3 Å². The number of rotatable bonds is 4. The summed E-state index contributed by atoms with van der Waals surface area (Å²) in [6.07, 6.45) is -0.151. The van der Waals surface area contributed by atoms with Gasteiger partial charge in [0.2, 0.25) is 0 Å². The summed E-state index contributed by atoms with van der Waals surface area (Å²) in [7, 11) is 0. The van der Waals surface area contributed by atoms with Crippen molar-refractivity contribution in [1.82, 2.24) is 4.98 Å². The van der Waals surface area contributed by atoms with Crippen LogP contribution in [-0.2, 0) is 23.7 Å².